The van der Waals surface area contributed by atoms with Crippen LogP contribution in [0.3, 0.4) is 0 Å². The van der Waals surface area contributed by atoms with E-state index < -0.39 is 5.91 Å². The molecule has 0 radical (unpaired) electrons. The van der Waals surface area contributed by atoms with Crippen LogP contribution in [-0.4, -0.2) is 12.0 Å². The molecule has 3 aromatic rings. The van der Waals surface area contributed by atoms with Gasteiger partial charge in [0.05, 0.1) is 11.8 Å². The first-order chi connectivity index (χ1) is 14.6. The fraction of sp³-hybridized carbons (Fsp3) is 0.120. The van der Waals surface area contributed by atoms with Crippen molar-refractivity contribution in [3.05, 3.63) is 90.0 Å². The second-order valence-electron chi connectivity index (χ2n) is 6.74. The van der Waals surface area contributed by atoms with Crippen LogP contribution in [0.5, 0.6) is 17.2 Å². The first-order valence-electron chi connectivity index (χ1n) is 9.57. The topological polar surface area (TPSA) is 71.3 Å². The molecule has 1 N–H and O–H groups in total. The summed E-state index contributed by atoms with van der Waals surface area (Å²) in [5, 5.41) is 12.3. The standard InChI is InChI=1S/C25H22N2O3/c1-18(2)29-23-14-8-6-10-19(23)16-20(17-26)25(28)27-22-13-7-9-15-24(22)30-21-11-4-3-5-12-21/h3-16,18H,1-2H3,(H,27,28). The van der Waals surface area contributed by atoms with Crippen molar-refractivity contribution >= 4 is 17.7 Å². The van der Waals surface area contributed by atoms with Crippen LogP contribution in [0.2, 0.25) is 0 Å². The normalized spacial score (nSPS) is 10.9. The molecule has 0 heterocycles. The predicted octanol–water partition coefficient (Wildman–Crippen LogP) is 5.81. The molecule has 30 heavy (non-hydrogen) atoms. The Balaban J connectivity index is 1.84. The lowest BCUT2D eigenvalue weighted by Gasteiger charge is -2.13. The molecule has 0 aliphatic rings. The number of carbonyl (C=O) groups is 1. The third kappa shape index (κ3) is 5.49. The van der Waals surface area contributed by atoms with Gasteiger partial charge in [-0.3, -0.25) is 4.79 Å². The second-order valence-corrected chi connectivity index (χ2v) is 6.74. The summed E-state index contributed by atoms with van der Waals surface area (Å²) >= 11 is 0. The smallest absolute Gasteiger partial charge is 0.266 e. The Bertz CT molecular complexity index is 1080. The van der Waals surface area contributed by atoms with E-state index in [1.807, 2.05) is 74.5 Å². The van der Waals surface area contributed by atoms with Gasteiger partial charge in [-0.2, -0.15) is 5.26 Å². The van der Waals surface area contributed by atoms with Crippen LogP contribution in [-0.2, 0) is 4.79 Å². The number of nitrogens with zero attached hydrogens (tertiary/aromatic N) is 1. The number of ether oxygens (including phenoxy) is 2. The summed E-state index contributed by atoms with van der Waals surface area (Å²) in [4.78, 5) is 12.8. The van der Waals surface area contributed by atoms with Crippen molar-refractivity contribution in [1.82, 2.24) is 0 Å². The van der Waals surface area contributed by atoms with E-state index in [4.69, 9.17) is 9.47 Å². The van der Waals surface area contributed by atoms with Gasteiger partial charge in [-0.25, -0.2) is 0 Å². The van der Waals surface area contributed by atoms with Gasteiger partial charge < -0.3 is 14.8 Å². The molecule has 0 unspecified atom stereocenters. The number of nitriles is 1. The lowest BCUT2D eigenvalue weighted by molar-refractivity contribution is -0.112. The summed E-state index contributed by atoms with van der Waals surface area (Å²) in [7, 11) is 0. The minimum Gasteiger partial charge on any atom is -0.490 e. The van der Waals surface area contributed by atoms with Crippen molar-refractivity contribution in [1.29, 1.82) is 5.26 Å². The quantitative estimate of drug-likeness (QED) is 0.403. The molecule has 0 saturated heterocycles. The minimum atomic E-state index is -0.527. The highest BCUT2D eigenvalue weighted by Gasteiger charge is 2.14. The van der Waals surface area contributed by atoms with E-state index in [0.29, 0.717) is 28.5 Å². The number of carbonyl (C=O) groups excluding carboxylic acids is 1. The summed E-state index contributed by atoms with van der Waals surface area (Å²) in [5.74, 6) is 1.22. The Morgan fingerprint density at radius 1 is 0.933 bits per heavy atom. The molecule has 5 heteroatoms. The van der Waals surface area contributed by atoms with Gasteiger partial charge in [0.1, 0.15) is 23.1 Å². The molecule has 0 saturated carbocycles. The van der Waals surface area contributed by atoms with Crippen LogP contribution in [0.1, 0.15) is 19.4 Å². The van der Waals surface area contributed by atoms with Crippen LogP contribution < -0.4 is 14.8 Å². The van der Waals surface area contributed by atoms with Gasteiger partial charge in [0.2, 0.25) is 0 Å². The van der Waals surface area contributed by atoms with Crippen LogP contribution in [0.15, 0.2) is 84.4 Å². The zero-order chi connectivity index (χ0) is 21.3. The monoisotopic (exact) mass is 398 g/mol. The number of anilines is 1. The van der Waals surface area contributed by atoms with Gasteiger partial charge in [-0.05, 0) is 50.3 Å². The highest BCUT2D eigenvalue weighted by molar-refractivity contribution is 6.10. The Kier molecular flexibility index (Phi) is 6.86. The van der Waals surface area contributed by atoms with Crippen LogP contribution in [0.4, 0.5) is 5.69 Å². The summed E-state index contributed by atoms with van der Waals surface area (Å²) < 4.78 is 11.6. The molecule has 1 amide bonds. The zero-order valence-electron chi connectivity index (χ0n) is 16.8. The SMILES string of the molecule is CC(C)Oc1ccccc1C=C(C#N)C(=O)Nc1ccccc1Oc1ccccc1. The fourth-order valence-electron chi connectivity index (χ4n) is 2.73. The van der Waals surface area contributed by atoms with Crippen molar-refractivity contribution in [2.24, 2.45) is 0 Å². The lowest BCUT2D eigenvalue weighted by atomic mass is 10.1. The predicted molar refractivity (Wildman–Crippen MR) is 117 cm³/mol. The molecular formula is C25H22N2O3. The molecule has 3 rings (SSSR count). The van der Waals surface area contributed by atoms with Crippen LogP contribution in [0, 0.1) is 11.3 Å². The molecule has 0 aliphatic carbocycles. The Morgan fingerprint density at radius 3 is 2.27 bits per heavy atom. The average molecular weight is 398 g/mol. The summed E-state index contributed by atoms with van der Waals surface area (Å²) in [6.45, 7) is 3.84. The Labute approximate surface area is 176 Å². The highest BCUT2D eigenvalue weighted by atomic mass is 16.5. The summed E-state index contributed by atoms with van der Waals surface area (Å²) in [6, 6.07) is 25.6. The van der Waals surface area contributed by atoms with E-state index in [-0.39, 0.29) is 11.7 Å². The molecule has 0 aliphatic heterocycles. The molecule has 0 fully saturated rings. The van der Waals surface area contributed by atoms with E-state index in [1.165, 1.54) is 6.08 Å². The van der Waals surface area contributed by atoms with Gasteiger partial charge in [-0.15, -0.1) is 0 Å². The Hall–Kier alpha value is -4.04. The third-order valence-corrected chi connectivity index (χ3v) is 4.05. The zero-order valence-corrected chi connectivity index (χ0v) is 16.8. The highest BCUT2D eigenvalue weighted by Crippen LogP contribution is 2.30. The van der Waals surface area contributed by atoms with Crippen molar-refractivity contribution in [2.45, 2.75) is 20.0 Å². The molecule has 0 spiro atoms. The number of para-hydroxylation sites is 4. The molecule has 150 valence electrons. The molecule has 0 aromatic heterocycles. The maximum atomic E-state index is 12.8. The van der Waals surface area contributed by atoms with Crippen molar-refractivity contribution in [3.8, 4) is 23.3 Å². The number of benzene rings is 3. The maximum absolute atomic E-state index is 12.8. The summed E-state index contributed by atoms with van der Waals surface area (Å²) in [6.07, 6.45) is 1.49. The van der Waals surface area contributed by atoms with E-state index in [9.17, 15) is 10.1 Å². The second kappa shape index (κ2) is 9.94. The molecule has 5 nitrogen and oxygen atoms in total. The average Bonchev–Trinajstić information content (AvgIpc) is 2.75. The van der Waals surface area contributed by atoms with Crippen molar-refractivity contribution in [2.75, 3.05) is 5.32 Å². The Morgan fingerprint density at radius 2 is 1.57 bits per heavy atom. The van der Waals surface area contributed by atoms with Crippen LogP contribution >= 0.6 is 0 Å². The van der Waals surface area contributed by atoms with E-state index in [2.05, 4.69) is 5.32 Å². The van der Waals surface area contributed by atoms with Crippen LogP contribution in [0.25, 0.3) is 6.08 Å². The van der Waals surface area contributed by atoms with Gasteiger partial charge in [0, 0.05) is 5.56 Å². The molecule has 3 aromatic carbocycles. The first kappa shape index (κ1) is 20.7. The number of amides is 1. The largest absolute Gasteiger partial charge is 0.490 e. The number of nitrogens with one attached hydrogen (secondary N) is 1. The molecular weight excluding hydrogens is 376 g/mol. The van der Waals surface area contributed by atoms with Crippen molar-refractivity contribution in [3.63, 3.8) is 0 Å². The molecule has 0 atom stereocenters. The third-order valence-electron chi connectivity index (χ3n) is 4.05. The summed E-state index contributed by atoms with van der Waals surface area (Å²) in [5.41, 5.74) is 1.09. The lowest BCUT2D eigenvalue weighted by Crippen LogP contribution is -2.14. The van der Waals surface area contributed by atoms with Gasteiger partial charge in [0.15, 0.2) is 5.75 Å². The molecule has 0 bridgehead atoms. The van der Waals surface area contributed by atoms with Gasteiger partial charge in [0.25, 0.3) is 5.91 Å². The van der Waals surface area contributed by atoms with E-state index >= 15 is 0 Å². The van der Waals surface area contributed by atoms with Gasteiger partial charge >= 0.3 is 0 Å². The number of hydrogen-bond acceptors (Lipinski definition) is 4. The minimum absolute atomic E-state index is 0.0269. The van der Waals surface area contributed by atoms with Crippen molar-refractivity contribution < 1.29 is 14.3 Å². The number of hydrogen-bond donors (Lipinski definition) is 1. The van der Waals surface area contributed by atoms with Gasteiger partial charge in [-0.1, -0.05) is 48.5 Å². The maximum Gasteiger partial charge on any atom is 0.266 e. The fourth-order valence-corrected chi connectivity index (χ4v) is 2.73. The number of rotatable bonds is 7. The van der Waals surface area contributed by atoms with E-state index in [1.54, 1.807) is 24.3 Å². The first-order valence-corrected chi connectivity index (χ1v) is 9.57. The van der Waals surface area contributed by atoms with E-state index in [0.717, 1.165) is 0 Å².